The van der Waals surface area contributed by atoms with Gasteiger partial charge in [0.1, 0.15) is 5.82 Å². The molecule has 0 bridgehead atoms. The molecule has 2 N–H and O–H groups in total. The lowest BCUT2D eigenvalue weighted by Gasteiger charge is -2.24. The van der Waals surface area contributed by atoms with E-state index in [1.54, 1.807) is 13.2 Å². The molecule has 0 fully saturated rings. The first-order valence-electron chi connectivity index (χ1n) is 5.08. The van der Waals surface area contributed by atoms with Crippen molar-refractivity contribution >= 4 is 27.3 Å². The summed E-state index contributed by atoms with van der Waals surface area (Å²) in [5, 5.41) is 0. The molecule has 0 saturated heterocycles. The van der Waals surface area contributed by atoms with E-state index in [-0.39, 0.29) is 5.82 Å². The molecule has 0 heterocycles. The standard InChI is InChI=1S/C11H16BrFN2O/c1-3-15(4-5-16-2)11-6-8(12)9(13)7-10(11)14/h6-7H,3-5,14H2,1-2H3. The second kappa shape index (κ2) is 6.06. The molecule has 90 valence electrons. The zero-order chi connectivity index (χ0) is 12.1. The molecule has 0 aromatic heterocycles. The van der Waals surface area contributed by atoms with E-state index in [0.29, 0.717) is 16.8 Å². The van der Waals surface area contributed by atoms with Crippen molar-refractivity contribution < 1.29 is 9.13 Å². The molecule has 0 radical (unpaired) electrons. The largest absolute Gasteiger partial charge is 0.397 e. The number of hydrogen-bond donors (Lipinski definition) is 1. The van der Waals surface area contributed by atoms with Crippen LogP contribution in [0.4, 0.5) is 15.8 Å². The van der Waals surface area contributed by atoms with Crippen molar-refractivity contribution in [3.63, 3.8) is 0 Å². The van der Waals surface area contributed by atoms with Gasteiger partial charge in [-0.2, -0.15) is 0 Å². The van der Waals surface area contributed by atoms with Crippen LogP contribution in [-0.4, -0.2) is 26.8 Å². The number of benzene rings is 1. The minimum Gasteiger partial charge on any atom is -0.397 e. The minimum absolute atomic E-state index is 0.343. The van der Waals surface area contributed by atoms with Gasteiger partial charge in [-0.05, 0) is 28.9 Å². The number of nitrogen functional groups attached to an aromatic ring is 1. The van der Waals surface area contributed by atoms with E-state index in [9.17, 15) is 4.39 Å². The van der Waals surface area contributed by atoms with Gasteiger partial charge in [-0.15, -0.1) is 0 Å². The number of nitrogens with zero attached hydrogens (tertiary/aromatic N) is 1. The van der Waals surface area contributed by atoms with Crippen LogP contribution in [0.25, 0.3) is 0 Å². The lowest BCUT2D eigenvalue weighted by atomic mass is 10.2. The molecule has 1 aromatic rings. The molecule has 0 atom stereocenters. The summed E-state index contributed by atoms with van der Waals surface area (Å²) in [6.07, 6.45) is 0. The fourth-order valence-corrected chi connectivity index (χ4v) is 1.81. The Bertz CT molecular complexity index is 360. The number of ether oxygens (including phenoxy) is 1. The van der Waals surface area contributed by atoms with Gasteiger partial charge in [-0.3, -0.25) is 0 Å². The van der Waals surface area contributed by atoms with Gasteiger partial charge >= 0.3 is 0 Å². The van der Waals surface area contributed by atoms with Gasteiger partial charge < -0.3 is 15.4 Å². The number of hydrogen-bond acceptors (Lipinski definition) is 3. The molecule has 0 unspecified atom stereocenters. The molecule has 0 spiro atoms. The number of methoxy groups -OCH3 is 1. The maximum absolute atomic E-state index is 13.2. The van der Waals surface area contributed by atoms with Crippen molar-refractivity contribution in [1.82, 2.24) is 0 Å². The first-order chi connectivity index (χ1) is 7.60. The smallest absolute Gasteiger partial charge is 0.139 e. The molecule has 1 rings (SSSR count). The molecule has 0 aliphatic rings. The summed E-state index contributed by atoms with van der Waals surface area (Å²) in [6, 6.07) is 3.03. The Morgan fingerprint density at radius 2 is 2.19 bits per heavy atom. The number of halogens is 2. The quantitative estimate of drug-likeness (QED) is 0.848. The molecular weight excluding hydrogens is 275 g/mol. The van der Waals surface area contributed by atoms with Gasteiger partial charge in [0.05, 0.1) is 22.5 Å². The average molecular weight is 291 g/mol. The fraction of sp³-hybridized carbons (Fsp3) is 0.455. The topological polar surface area (TPSA) is 38.5 Å². The highest BCUT2D eigenvalue weighted by Crippen LogP contribution is 2.29. The lowest BCUT2D eigenvalue weighted by molar-refractivity contribution is 0.205. The van der Waals surface area contributed by atoms with E-state index in [1.807, 2.05) is 11.8 Å². The molecule has 0 aliphatic heterocycles. The maximum Gasteiger partial charge on any atom is 0.139 e. The van der Waals surface area contributed by atoms with Crippen LogP contribution in [-0.2, 0) is 4.74 Å². The molecule has 1 aromatic carbocycles. The van der Waals surface area contributed by atoms with E-state index >= 15 is 0 Å². The number of nitrogens with two attached hydrogens (primary N) is 1. The van der Waals surface area contributed by atoms with Crippen LogP contribution < -0.4 is 10.6 Å². The molecule has 16 heavy (non-hydrogen) atoms. The highest BCUT2D eigenvalue weighted by atomic mass is 79.9. The van der Waals surface area contributed by atoms with E-state index in [1.165, 1.54) is 6.07 Å². The number of rotatable bonds is 5. The van der Waals surface area contributed by atoms with Crippen molar-refractivity contribution in [2.24, 2.45) is 0 Å². The molecule has 5 heteroatoms. The third kappa shape index (κ3) is 3.09. The van der Waals surface area contributed by atoms with E-state index in [4.69, 9.17) is 10.5 Å². The van der Waals surface area contributed by atoms with E-state index < -0.39 is 0 Å². The van der Waals surface area contributed by atoms with Gasteiger partial charge in [-0.1, -0.05) is 0 Å². The van der Waals surface area contributed by atoms with Crippen molar-refractivity contribution in [3.8, 4) is 0 Å². The first-order valence-corrected chi connectivity index (χ1v) is 5.87. The molecule has 0 aliphatic carbocycles. The minimum atomic E-state index is -0.343. The van der Waals surface area contributed by atoms with Crippen LogP contribution in [0.2, 0.25) is 0 Å². The Labute approximate surface area is 104 Å². The van der Waals surface area contributed by atoms with Crippen molar-refractivity contribution in [1.29, 1.82) is 0 Å². The Balaban J connectivity index is 2.95. The van der Waals surface area contributed by atoms with Gasteiger partial charge in [0.2, 0.25) is 0 Å². The van der Waals surface area contributed by atoms with Crippen LogP contribution in [0.1, 0.15) is 6.92 Å². The fourth-order valence-electron chi connectivity index (χ4n) is 1.48. The summed E-state index contributed by atoms with van der Waals surface area (Å²) < 4.78 is 18.7. The van der Waals surface area contributed by atoms with Gasteiger partial charge in [0.25, 0.3) is 0 Å². The molecule has 3 nitrogen and oxygen atoms in total. The van der Waals surface area contributed by atoms with Crippen LogP contribution in [0.15, 0.2) is 16.6 Å². The monoisotopic (exact) mass is 290 g/mol. The van der Waals surface area contributed by atoms with Crippen LogP contribution in [0.3, 0.4) is 0 Å². The molecule has 0 saturated carbocycles. The van der Waals surface area contributed by atoms with Crippen LogP contribution >= 0.6 is 15.9 Å². The Kier molecular flexibility index (Phi) is 5.02. The van der Waals surface area contributed by atoms with Crippen molar-refractivity contribution in [2.45, 2.75) is 6.92 Å². The second-order valence-electron chi connectivity index (χ2n) is 3.40. The highest BCUT2D eigenvalue weighted by Gasteiger charge is 2.11. The highest BCUT2D eigenvalue weighted by molar-refractivity contribution is 9.10. The Morgan fingerprint density at radius 3 is 2.75 bits per heavy atom. The second-order valence-corrected chi connectivity index (χ2v) is 4.25. The van der Waals surface area contributed by atoms with Crippen molar-refractivity contribution in [2.75, 3.05) is 37.4 Å². The Morgan fingerprint density at radius 1 is 1.50 bits per heavy atom. The third-order valence-corrected chi connectivity index (χ3v) is 2.97. The average Bonchev–Trinajstić information content (AvgIpc) is 2.26. The summed E-state index contributed by atoms with van der Waals surface area (Å²) in [5.41, 5.74) is 7.07. The first kappa shape index (κ1) is 13.3. The molecular formula is C11H16BrFN2O. The van der Waals surface area contributed by atoms with Crippen molar-refractivity contribution in [3.05, 3.63) is 22.4 Å². The van der Waals surface area contributed by atoms with Crippen LogP contribution in [0.5, 0.6) is 0 Å². The predicted octanol–water partition coefficient (Wildman–Crippen LogP) is 2.64. The lowest BCUT2D eigenvalue weighted by Crippen LogP contribution is -2.27. The zero-order valence-corrected chi connectivity index (χ0v) is 11.1. The summed E-state index contributed by atoms with van der Waals surface area (Å²) in [4.78, 5) is 2.04. The van der Waals surface area contributed by atoms with Gasteiger partial charge in [0, 0.05) is 26.3 Å². The third-order valence-electron chi connectivity index (χ3n) is 2.36. The number of likely N-dealkylation sites (N-methyl/N-ethyl adjacent to an activating group) is 1. The van der Waals surface area contributed by atoms with E-state index in [0.717, 1.165) is 18.8 Å². The predicted molar refractivity (Wildman–Crippen MR) is 68.3 cm³/mol. The summed E-state index contributed by atoms with van der Waals surface area (Å²) in [6.45, 7) is 4.16. The number of anilines is 2. The van der Waals surface area contributed by atoms with Gasteiger partial charge in [-0.25, -0.2) is 4.39 Å². The normalized spacial score (nSPS) is 10.5. The molecule has 0 amide bonds. The summed E-state index contributed by atoms with van der Waals surface area (Å²) in [5.74, 6) is -0.343. The van der Waals surface area contributed by atoms with E-state index in [2.05, 4.69) is 15.9 Å². The summed E-state index contributed by atoms with van der Waals surface area (Å²) in [7, 11) is 1.65. The van der Waals surface area contributed by atoms with Gasteiger partial charge in [0.15, 0.2) is 0 Å². The summed E-state index contributed by atoms with van der Waals surface area (Å²) >= 11 is 3.16. The zero-order valence-electron chi connectivity index (χ0n) is 9.46. The SMILES string of the molecule is CCN(CCOC)c1cc(Br)c(F)cc1N. The van der Waals surface area contributed by atoms with Crippen LogP contribution in [0, 0.1) is 5.82 Å². The maximum atomic E-state index is 13.2. The Hall–Kier alpha value is -0.810.